The van der Waals surface area contributed by atoms with Gasteiger partial charge in [-0.05, 0) is 11.6 Å². The number of carbonyl (C=O) groups excluding carboxylic acids is 1. The Labute approximate surface area is 158 Å². The van der Waals surface area contributed by atoms with Crippen LogP contribution >= 0.6 is 0 Å². The molecule has 2 aromatic carbocycles. The highest BCUT2D eigenvalue weighted by atomic mass is 16.5. The Hall–Kier alpha value is -3.41. The van der Waals surface area contributed by atoms with Gasteiger partial charge < -0.3 is 15.0 Å². The van der Waals surface area contributed by atoms with E-state index in [4.69, 9.17) is 4.74 Å². The van der Waals surface area contributed by atoms with Gasteiger partial charge in [-0.2, -0.15) is 0 Å². The topological polar surface area (TPSA) is 67.3 Å². The summed E-state index contributed by atoms with van der Waals surface area (Å²) in [5, 5.41) is 2.87. The largest absolute Gasteiger partial charge is 0.496 e. The minimum atomic E-state index is -0.224. The smallest absolute Gasteiger partial charge is 0.254 e. The highest BCUT2D eigenvalue weighted by Crippen LogP contribution is 2.17. The summed E-state index contributed by atoms with van der Waals surface area (Å²) in [5.74, 6) is 1.09. The lowest BCUT2D eigenvalue weighted by Gasteiger charge is -2.17. The zero-order valence-corrected chi connectivity index (χ0v) is 15.4. The normalized spacial score (nSPS) is 10.3. The molecular weight excluding hydrogens is 340 g/mol. The summed E-state index contributed by atoms with van der Waals surface area (Å²) < 4.78 is 5.29. The SMILES string of the molecule is COc1ccccc1CNC(=O)c1cnc(N(C)Cc2ccccc2)nc1. The summed E-state index contributed by atoms with van der Waals surface area (Å²) in [7, 11) is 3.53. The molecular formula is C21H22N4O2. The molecule has 0 fully saturated rings. The first kappa shape index (κ1) is 18.4. The van der Waals surface area contributed by atoms with E-state index in [2.05, 4.69) is 27.4 Å². The quantitative estimate of drug-likeness (QED) is 0.700. The highest BCUT2D eigenvalue weighted by molar-refractivity contribution is 5.93. The molecule has 3 rings (SSSR count). The van der Waals surface area contributed by atoms with Crippen molar-refractivity contribution in [2.24, 2.45) is 0 Å². The Morgan fingerprint density at radius 2 is 1.70 bits per heavy atom. The van der Waals surface area contributed by atoms with Crippen molar-refractivity contribution in [1.29, 1.82) is 0 Å². The lowest BCUT2D eigenvalue weighted by atomic mass is 10.2. The monoisotopic (exact) mass is 362 g/mol. The maximum Gasteiger partial charge on any atom is 0.254 e. The average molecular weight is 362 g/mol. The van der Waals surface area contributed by atoms with E-state index < -0.39 is 0 Å². The number of nitrogens with zero attached hydrogens (tertiary/aromatic N) is 3. The van der Waals surface area contributed by atoms with Crippen LogP contribution in [0.3, 0.4) is 0 Å². The van der Waals surface area contributed by atoms with Crippen LogP contribution in [0, 0.1) is 0 Å². The van der Waals surface area contributed by atoms with Crippen LogP contribution < -0.4 is 15.0 Å². The molecule has 0 saturated carbocycles. The minimum Gasteiger partial charge on any atom is -0.496 e. The summed E-state index contributed by atoms with van der Waals surface area (Å²) in [4.78, 5) is 22.9. The zero-order chi connectivity index (χ0) is 19.1. The molecule has 27 heavy (non-hydrogen) atoms. The number of carbonyl (C=O) groups is 1. The summed E-state index contributed by atoms with van der Waals surface area (Å²) in [6.07, 6.45) is 3.09. The molecule has 138 valence electrons. The molecule has 0 radical (unpaired) electrons. The number of anilines is 1. The molecule has 1 heterocycles. The Bertz CT molecular complexity index is 882. The molecule has 6 heteroatoms. The number of para-hydroxylation sites is 1. The van der Waals surface area contributed by atoms with Gasteiger partial charge in [-0.1, -0.05) is 48.5 Å². The van der Waals surface area contributed by atoms with Crippen molar-refractivity contribution in [1.82, 2.24) is 15.3 Å². The van der Waals surface area contributed by atoms with E-state index in [1.165, 1.54) is 5.56 Å². The van der Waals surface area contributed by atoms with Crippen LogP contribution in [-0.2, 0) is 13.1 Å². The fourth-order valence-electron chi connectivity index (χ4n) is 2.69. The van der Waals surface area contributed by atoms with Gasteiger partial charge >= 0.3 is 0 Å². The Kier molecular flexibility index (Phi) is 5.99. The number of hydrogen-bond donors (Lipinski definition) is 1. The Morgan fingerprint density at radius 1 is 1.04 bits per heavy atom. The van der Waals surface area contributed by atoms with E-state index in [1.807, 2.05) is 54.4 Å². The fourth-order valence-corrected chi connectivity index (χ4v) is 2.69. The molecule has 0 atom stereocenters. The van der Waals surface area contributed by atoms with Gasteiger partial charge in [-0.25, -0.2) is 9.97 Å². The third kappa shape index (κ3) is 4.82. The van der Waals surface area contributed by atoms with Crippen LogP contribution in [0.4, 0.5) is 5.95 Å². The number of benzene rings is 2. The van der Waals surface area contributed by atoms with Crippen LogP contribution in [0.25, 0.3) is 0 Å². The minimum absolute atomic E-state index is 0.224. The summed E-state index contributed by atoms with van der Waals surface area (Å²) in [5.41, 5.74) is 2.50. The van der Waals surface area contributed by atoms with Gasteiger partial charge in [0.15, 0.2) is 0 Å². The molecule has 0 aliphatic rings. The van der Waals surface area contributed by atoms with E-state index in [-0.39, 0.29) is 5.91 Å². The molecule has 1 amide bonds. The zero-order valence-electron chi connectivity index (χ0n) is 15.4. The number of methoxy groups -OCH3 is 1. The molecule has 0 spiro atoms. The van der Waals surface area contributed by atoms with Crippen LogP contribution in [0.5, 0.6) is 5.75 Å². The molecule has 1 N–H and O–H groups in total. The molecule has 0 saturated heterocycles. The molecule has 0 aliphatic heterocycles. The Morgan fingerprint density at radius 3 is 2.41 bits per heavy atom. The van der Waals surface area contributed by atoms with Crippen molar-refractivity contribution in [3.05, 3.63) is 83.7 Å². The predicted molar refractivity (Wildman–Crippen MR) is 105 cm³/mol. The van der Waals surface area contributed by atoms with Crippen LogP contribution in [0.2, 0.25) is 0 Å². The molecule has 6 nitrogen and oxygen atoms in total. The highest BCUT2D eigenvalue weighted by Gasteiger charge is 2.10. The maximum atomic E-state index is 12.3. The second-order valence-corrected chi connectivity index (χ2v) is 6.11. The molecule has 3 aromatic rings. The first-order chi connectivity index (χ1) is 13.2. The van der Waals surface area contributed by atoms with E-state index in [0.717, 1.165) is 11.3 Å². The third-order valence-corrected chi connectivity index (χ3v) is 4.14. The number of amides is 1. The van der Waals surface area contributed by atoms with Crippen molar-refractivity contribution < 1.29 is 9.53 Å². The van der Waals surface area contributed by atoms with Crippen molar-refractivity contribution in [3.8, 4) is 5.75 Å². The Balaban J connectivity index is 1.60. The molecule has 0 aliphatic carbocycles. The van der Waals surface area contributed by atoms with Crippen molar-refractivity contribution in [2.75, 3.05) is 19.1 Å². The van der Waals surface area contributed by atoms with Gasteiger partial charge in [0.25, 0.3) is 5.91 Å². The van der Waals surface area contributed by atoms with Crippen molar-refractivity contribution in [3.63, 3.8) is 0 Å². The van der Waals surface area contributed by atoms with Gasteiger partial charge in [0.1, 0.15) is 5.75 Å². The van der Waals surface area contributed by atoms with Crippen LogP contribution in [0.15, 0.2) is 67.0 Å². The van der Waals surface area contributed by atoms with Crippen molar-refractivity contribution >= 4 is 11.9 Å². The summed E-state index contributed by atoms with van der Waals surface area (Å²) in [6, 6.07) is 17.7. The van der Waals surface area contributed by atoms with Crippen molar-refractivity contribution in [2.45, 2.75) is 13.1 Å². The number of hydrogen-bond acceptors (Lipinski definition) is 5. The summed E-state index contributed by atoms with van der Waals surface area (Å²) in [6.45, 7) is 1.07. The lowest BCUT2D eigenvalue weighted by Crippen LogP contribution is -2.24. The molecule has 1 aromatic heterocycles. The number of ether oxygens (including phenoxy) is 1. The average Bonchev–Trinajstić information content (AvgIpc) is 2.73. The molecule has 0 bridgehead atoms. The maximum absolute atomic E-state index is 12.3. The fraction of sp³-hybridized carbons (Fsp3) is 0.190. The van der Waals surface area contributed by atoms with E-state index in [9.17, 15) is 4.79 Å². The summed E-state index contributed by atoms with van der Waals surface area (Å²) >= 11 is 0. The van der Waals surface area contributed by atoms with Gasteiger partial charge in [0.2, 0.25) is 5.95 Å². The van der Waals surface area contributed by atoms with E-state index in [1.54, 1.807) is 19.5 Å². The predicted octanol–water partition coefficient (Wildman–Crippen LogP) is 3.05. The number of aromatic nitrogens is 2. The lowest BCUT2D eigenvalue weighted by molar-refractivity contribution is 0.0950. The second kappa shape index (κ2) is 8.80. The second-order valence-electron chi connectivity index (χ2n) is 6.11. The molecule has 0 unspecified atom stereocenters. The van der Waals surface area contributed by atoms with Crippen LogP contribution in [0.1, 0.15) is 21.5 Å². The number of rotatable bonds is 7. The van der Waals surface area contributed by atoms with Gasteiger partial charge in [0.05, 0.1) is 12.7 Å². The van der Waals surface area contributed by atoms with Gasteiger partial charge in [-0.3, -0.25) is 4.79 Å². The van der Waals surface area contributed by atoms with Crippen LogP contribution in [-0.4, -0.2) is 30.0 Å². The number of nitrogens with one attached hydrogen (secondary N) is 1. The van der Waals surface area contributed by atoms with E-state index >= 15 is 0 Å². The first-order valence-electron chi connectivity index (χ1n) is 8.64. The first-order valence-corrected chi connectivity index (χ1v) is 8.64. The third-order valence-electron chi connectivity index (χ3n) is 4.14. The van der Waals surface area contributed by atoms with Gasteiger partial charge in [0, 0.05) is 38.1 Å². The van der Waals surface area contributed by atoms with Gasteiger partial charge in [-0.15, -0.1) is 0 Å². The van der Waals surface area contributed by atoms with E-state index in [0.29, 0.717) is 24.6 Å². The standard InChI is InChI=1S/C21H22N4O2/c1-25(15-16-8-4-3-5-9-16)21-23-13-18(14-24-21)20(26)22-12-17-10-6-7-11-19(17)27-2/h3-11,13-14H,12,15H2,1-2H3,(H,22,26).